The van der Waals surface area contributed by atoms with Crippen LogP contribution in [0.3, 0.4) is 0 Å². The van der Waals surface area contributed by atoms with Crippen LogP contribution >= 0.6 is 15.9 Å². The average molecular weight is 353 g/mol. The van der Waals surface area contributed by atoms with Crippen molar-refractivity contribution in [2.24, 2.45) is 0 Å². The van der Waals surface area contributed by atoms with Gasteiger partial charge in [-0.25, -0.2) is 0 Å². The van der Waals surface area contributed by atoms with E-state index in [0.29, 0.717) is 6.04 Å². The summed E-state index contributed by atoms with van der Waals surface area (Å²) in [5.41, 5.74) is 1.92. The fourth-order valence-corrected chi connectivity index (χ4v) is 3.38. The van der Waals surface area contributed by atoms with Crippen molar-refractivity contribution in [2.45, 2.75) is 38.1 Å². The van der Waals surface area contributed by atoms with E-state index in [2.05, 4.69) is 20.8 Å². The predicted octanol–water partition coefficient (Wildman–Crippen LogP) is 3.92. The lowest BCUT2D eigenvalue weighted by molar-refractivity contribution is 0.0651. The minimum absolute atomic E-state index is 0.173. The van der Waals surface area contributed by atoms with Gasteiger partial charge in [0.2, 0.25) is 0 Å². The van der Waals surface area contributed by atoms with E-state index in [-0.39, 0.29) is 5.91 Å². The van der Waals surface area contributed by atoms with E-state index in [4.69, 9.17) is 0 Å². The first-order chi connectivity index (χ1) is 10.1. The third kappa shape index (κ3) is 4.22. The van der Waals surface area contributed by atoms with Crippen LogP contribution in [0.5, 0.6) is 0 Å². The molecule has 116 valence electrons. The standard InChI is InChI=1S/C17H25BrN2O/c1-19(2)15-10-8-14(9-11-15)17(21)20(13-12-18)16-6-4-3-5-7-16/h8-11,16H,3-7,12-13H2,1-2H3. The van der Waals surface area contributed by atoms with Crippen molar-refractivity contribution < 1.29 is 4.79 Å². The van der Waals surface area contributed by atoms with E-state index < -0.39 is 0 Å². The number of halogens is 1. The lowest BCUT2D eigenvalue weighted by Gasteiger charge is -2.34. The van der Waals surface area contributed by atoms with E-state index >= 15 is 0 Å². The fourth-order valence-electron chi connectivity index (χ4n) is 3.00. The molecule has 21 heavy (non-hydrogen) atoms. The summed E-state index contributed by atoms with van der Waals surface area (Å²) in [5, 5.41) is 0.838. The maximum atomic E-state index is 12.8. The van der Waals surface area contributed by atoms with Crippen LogP contribution in [-0.2, 0) is 0 Å². The van der Waals surface area contributed by atoms with Gasteiger partial charge in [-0.1, -0.05) is 35.2 Å². The highest BCUT2D eigenvalue weighted by Crippen LogP contribution is 2.24. The van der Waals surface area contributed by atoms with Gasteiger partial charge in [-0.15, -0.1) is 0 Å². The second-order valence-corrected chi connectivity index (χ2v) is 6.71. The molecule has 0 heterocycles. The van der Waals surface area contributed by atoms with E-state index in [1.165, 1.54) is 19.3 Å². The summed E-state index contributed by atoms with van der Waals surface area (Å²) >= 11 is 3.49. The lowest BCUT2D eigenvalue weighted by Crippen LogP contribution is -2.42. The van der Waals surface area contributed by atoms with Gasteiger partial charge in [0.1, 0.15) is 0 Å². The Bertz CT molecular complexity index is 452. The summed E-state index contributed by atoms with van der Waals surface area (Å²) in [4.78, 5) is 16.9. The van der Waals surface area contributed by atoms with Crippen LogP contribution in [0.25, 0.3) is 0 Å². The molecule has 2 rings (SSSR count). The summed E-state index contributed by atoms with van der Waals surface area (Å²) in [5.74, 6) is 0.173. The Morgan fingerprint density at radius 3 is 2.29 bits per heavy atom. The van der Waals surface area contributed by atoms with E-state index in [0.717, 1.165) is 36.0 Å². The predicted molar refractivity (Wildman–Crippen MR) is 92.5 cm³/mol. The molecule has 0 radical (unpaired) electrons. The number of amides is 1. The molecule has 0 N–H and O–H groups in total. The van der Waals surface area contributed by atoms with Crippen molar-refractivity contribution in [1.29, 1.82) is 0 Å². The third-order valence-corrected chi connectivity index (χ3v) is 4.59. The zero-order valence-electron chi connectivity index (χ0n) is 13.0. The van der Waals surface area contributed by atoms with Crippen molar-refractivity contribution in [1.82, 2.24) is 4.90 Å². The molecular formula is C17H25BrN2O. The van der Waals surface area contributed by atoms with Gasteiger partial charge in [-0.05, 0) is 37.1 Å². The number of rotatable bonds is 5. The minimum Gasteiger partial charge on any atom is -0.378 e. The Morgan fingerprint density at radius 2 is 1.76 bits per heavy atom. The third-order valence-electron chi connectivity index (χ3n) is 4.23. The van der Waals surface area contributed by atoms with Crippen LogP contribution in [0, 0.1) is 0 Å². The number of anilines is 1. The average Bonchev–Trinajstić information content (AvgIpc) is 2.53. The Kier molecular flexibility index (Phi) is 6.09. The first-order valence-electron chi connectivity index (χ1n) is 7.78. The smallest absolute Gasteiger partial charge is 0.254 e. The Morgan fingerprint density at radius 1 is 1.14 bits per heavy atom. The molecule has 0 aliphatic heterocycles. The SMILES string of the molecule is CN(C)c1ccc(C(=O)N(CCBr)C2CCCCC2)cc1. The topological polar surface area (TPSA) is 23.6 Å². The van der Waals surface area contributed by atoms with Crippen molar-refractivity contribution in [2.75, 3.05) is 30.9 Å². The molecule has 0 bridgehead atoms. The summed E-state index contributed by atoms with van der Waals surface area (Å²) in [6.07, 6.45) is 6.10. The lowest BCUT2D eigenvalue weighted by atomic mass is 9.93. The molecule has 4 heteroatoms. The molecule has 1 aliphatic carbocycles. The van der Waals surface area contributed by atoms with E-state index in [1.54, 1.807) is 0 Å². The van der Waals surface area contributed by atoms with Crippen LogP contribution in [0.15, 0.2) is 24.3 Å². The number of carbonyl (C=O) groups is 1. The van der Waals surface area contributed by atoms with Crippen molar-refractivity contribution in [3.05, 3.63) is 29.8 Å². The molecule has 1 fully saturated rings. The Balaban J connectivity index is 2.13. The molecule has 1 amide bonds. The highest BCUT2D eigenvalue weighted by Gasteiger charge is 2.25. The van der Waals surface area contributed by atoms with Gasteiger partial charge in [0.15, 0.2) is 0 Å². The number of carbonyl (C=O) groups excluding carboxylic acids is 1. The van der Waals surface area contributed by atoms with Gasteiger partial charge in [0.25, 0.3) is 5.91 Å². The molecule has 1 aromatic rings. The summed E-state index contributed by atoms with van der Waals surface area (Å²) in [7, 11) is 4.02. The van der Waals surface area contributed by atoms with Crippen LogP contribution in [0.1, 0.15) is 42.5 Å². The molecule has 0 unspecified atom stereocenters. The van der Waals surface area contributed by atoms with Gasteiger partial charge in [0.05, 0.1) is 0 Å². The largest absolute Gasteiger partial charge is 0.378 e. The molecule has 0 atom stereocenters. The van der Waals surface area contributed by atoms with Crippen molar-refractivity contribution in [3.8, 4) is 0 Å². The molecule has 1 aromatic carbocycles. The first-order valence-corrected chi connectivity index (χ1v) is 8.90. The summed E-state index contributed by atoms with van der Waals surface area (Å²) < 4.78 is 0. The summed E-state index contributed by atoms with van der Waals surface area (Å²) in [6.45, 7) is 0.791. The number of hydrogen-bond acceptors (Lipinski definition) is 2. The van der Waals surface area contributed by atoms with Crippen LogP contribution in [-0.4, -0.2) is 42.8 Å². The van der Waals surface area contributed by atoms with Gasteiger partial charge in [0, 0.05) is 43.3 Å². The van der Waals surface area contributed by atoms with Crippen molar-refractivity contribution >= 4 is 27.5 Å². The first kappa shape index (κ1) is 16.3. The molecule has 1 aliphatic rings. The van der Waals surface area contributed by atoms with Crippen LogP contribution in [0.4, 0.5) is 5.69 Å². The van der Waals surface area contributed by atoms with Gasteiger partial charge in [-0.3, -0.25) is 4.79 Å². The van der Waals surface area contributed by atoms with Gasteiger partial charge >= 0.3 is 0 Å². The molecule has 0 saturated heterocycles. The van der Waals surface area contributed by atoms with E-state index in [1.807, 2.05) is 43.3 Å². The molecule has 0 aromatic heterocycles. The van der Waals surface area contributed by atoms with Gasteiger partial charge in [-0.2, -0.15) is 0 Å². The highest BCUT2D eigenvalue weighted by molar-refractivity contribution is 9.09. The fraction of sp³-hybridized carbons (Fsp3) is 0.588. The van der Waals surface area contributed by atoms with E-state index in [9.17, 15) is 4.79 Å². The maximum absolute atomic E-state index is 12.8. The Labute approximate surface area is 136 Å². The quantitative estimate of drug-likeness (QED) is 0.749. The number of nitrogens with zero attached hydrogens (tertiary/aromatic N) is 2. The second-order valence-electron chi connectivity index (χ2n) is 5.92. The van der Waals surface area contributed by atoms with Crippen LogP contribution in [0.2, 0.25) is 0 Å². The maximum Gasteiger partial charge on any atom is 0.254 e. The highest BCUT2D eigenvalue weighted by atomic mass is 79.9. The molecule has 0 spiro atoms. The Hall–Kier alpha value is -1.03. The monoisotopic (exact) mass is 352 g/mol. The second kappa shape index (κ2) is 7.83. The van der Waals surface area contributed by atoms with Crippen molar-refractivity contribution in [3.63, 3.8) is 0 Å². The zero-order chi connectivity index (χ0) is 15.2. The molecule has 1 saturated carbocycles. The zero-order valence-corrected chi connectivity index (χ0v) is 14.6. The minimum atomic E-state index is 0.173. The molecular weight excluding hydrogens is 328 g/mol. The number of hydrogen-bond donors (Lipinski definition) is 0. The molecule has 3 nitrogen and oxygen atoms in total. The normalized spacial score (nSPS) is 15.8. The summed E-state index contributed by atoms with van der Waals surface area (Å²) in [6, 6.07) is 8.34. The number of alkyl halides is 1. The van der Waals surface area contributed by atoms with Gasteiger partial charge < -0.3 is 9.80 Å². The van der Waals surface area contributed by atoms with Crippen LogP contribution < -0.4 is 4.90 Å². The number of benzene rings is 1.